The summed E-state index contributed by atoms with van der Waals surface area (Å²) in [4.78, 5) is 19.0. The van der Waals surface area contributed by atoms with Crippen molar-refractivity contribution in [3.8, 4) is 0 Å². The van der Waals surface area contributed by atoms with Gasteiger partial charge in [0.15, 0.2) is 0 Å². The predicted octanol–water partition coefficient (Wildman–Crippen LogP) is 3.69. The van der Waals surface area contributed by atoms with Crippen molar-refractivity contribution in [2.24, 2.45) is 5.92 Å². The van der Waals surface area contributed by atoms with Gasteiger partial charge in [-0.1, -0.05) is 42.0 Å². The first-order valence-corrected chi connectivity index (χ1v) is 9.29. The molecule has 1 aromatic carbocycles. The number of ether oxygens (including phenoxy) is 1. The van der Waals surface area contributed by atoms with Crippen LogP contribution in [0.5, 0.6) is 0 Å². The van der Waals surface area contributed by atoms with Gasteiger partial charge in [-0.3, -0.25) is 9.78 Å². The van der Waals surface area contributed by atoms with E-state index in [4.69, 9.17) is 4.74 Å². The lowest BCUT2D eigenvalue weighted by Crippen LogP contribution is -2.42. The molecule has 4 rings (SSSR count). The van der Waals surface area contributed by atoms with E-state index in [1.807, 2.05) is 41.4 Å². The Hall–Kier alpha value is -2.46. The number of likely N-dealkylation sites (tertiary alicyclic amines) is 1. The average molecular weight is 348 g/mol. The monoisotopic (exact) mass is 348 g/mol. The number of carbonyl (C=O) groups excluding carboxylic acids is 1. The van der Waals surface area contributed by atoms with E-state index in [-0.39, 0.29) is 17.9 Å². The molecule has 1 saturated heterocycles. The maximum absolute atomic E-state index is 12.9. The van der Waals surface area contributed by atoms with Crippen molar-refractivity contribution < 1.29 is 9.53 Å². The van der Waals surface area contributed by atoms with Crippen LogP contribution in [-0.4, -0.2) is 35.0 Å². The maximum Gasteiger partial charge on any atom is 0.234 e. The summed E-state index contributed by atoms with van der Waals surface area (Å²) in [5, 5.41) is 0. The zero-order valence-electron chi connectivity index (χ0n) is 15.1. The Morgan fingerprint density at radius 1 is 1.15 bits per heavy atom. The number of hydrogen-bond donors (Lipinski definition) is 0. The van der Waals surface area contributed by atoms with Gasteiger partial charge < -0.3 is 9.64 Å². The Labute approximate surface area is 154 Å². The molecule has 2 aliphatic rings. The molecule has 4 nitrogen and oxygen atoms in total. The lowest BCUT2D eigenvalue weighted by atomic mass is 10.0. The van der Waals surface area contributed by atoms with Crippen LogP contribution in [0.2, 0.25) is 0 Å². The predicted molar refractivity (Wildman–Crippen MR) is 101 cm³/mol. The van der Waals surface area contributed by atoms with Crippen LogP contribution in [0.4, 0.5) is 0 Å². The minimum absolute atomic E-state index is 0.00902. The molecule has 1 aliphatic carbocycles. The Bertz CT molecular complexity index is 793. The molecule has 2 heterocycles. The third-order valence-electron chi connectivity index (χ3n) is 5.36. The quantitative estimate of drug-likeness (QED) is 0.827. The van der Waals surface area contributed by atoms with Gasteiger partial charge in [-0.2, -0.15) is 0 Å². The molecular formula is C22H24N2O2. The van der Waals surface area contributed by atoms with E-state index >= 15 is 0 Å². The first-order chi connectivity index (χ1) is 12.7. The van der Waals surface area contributed by atoms with Crippen LogP contribution in [0.25, 0.3) is 5.57 Å². The van der Waals surface area contributed by atoms with Gasteiger partial charge >= 0.3 is 0 Å². The molecule has 1 fully saturated rings. The molecule has 1 atom stereocenters. The Balaban J connectivity index is 1.27. The average Bonchev–Trinajstić information content (AvgIpc) is 3.38. The molecule has 1 aliphatic heterocycles. The molecule has 2 aromatic rings. The zero-order chi connectivity index (χ0) is 17.9. The molecule has 0 radical (unpaired) electrons. The van der Waals surface area contributed by atoms with Crippen LogP contribution in [0.15, 0.2) is 60.4 Å². The zero-order valence-corrected chi connectivity index (χ0v) is 15.1. The topological polar surface area (TPSA) is 42.4 Å². The number of pyridine rings is 1. The first-order valence-electron chi connectivity index (χ1n) is 9.29. The molecule has 4 heteroatoms. The van der Waals surface area contributed by atoms with Gasteiger partial charge in [0, 0.05) is 25.5 Å². The molecular weight excluding hydrogens is 324 g/mol. The molecule has 26 heavy (non-hydrogen) atoms. The summed E-state index contributed by atoms with van der Waals surface area (Å²) in [6.45, 7) is 4.23. The number of benzene rings is 1. The van der Waals surface area contributed by atoms with Gasteiger partial charge in [0.2, 0.25) is 5.91 Å². The van der Waals surface area contributed by atoms with E-state index < -0.39 is 0 Å². The van der Waals surface area contributed by atoms with Crippen LogP contribution in [-0.2, 0) is 16.1 Å². The van der Waals surface area contributed by atoms with Gasteiger partial charge in [0.25, 0.3) is 0 Å². The fourth-order valence-corrected chi connectivity index (χ4v) is 3.77. The van der Waals surface area contributed by atoms with Crippen LogP contribution < -0.4 is 0 Å². The number of hydrogen-bond acceptors (Lipinski definition) is 3. The maximum atomic E-state index is 12.9. The van der Waals surface area contributed by atoms with Crippen LogP contribution in [0.1, 0.15) is 30.9 Å². The van der Waals surface area contributed by atoms with Crippen molar-refractivity contribution in [1.82, 2.24) is 9.88 Å². The summed E-state index contributed by atoms with van der Waals surface area (Å²) in [6, 6.07) is 14.2. The van der Waals surface area contributed by atoms with E-state index in [1.165, 1.54) is 16.7 Å². The van der Waals surface area contributed by atoms with Crippen molar-refractivity contribution in [1.29, 1.82) is 0 Å². The second-order valence-electron chi connectivity index (χ2n) is 7.09. The summed E-state index contributed by atoms with van der Waals surface area (Å²) in [5.41, 5.74) is 4.70. The second kappa shape index (κ2) is 7.42. The summed E-state index contributed by atoms with van der Waals surface area (Å²) in [5.74, 6) is 0.248. The van der Waals surface area contributed by atoms with Gasteiger partial charge in [-0.25, -0.2) is 0 Å². The third-order valence-corrected chi connectivity index (χ3v) is 5.36. The second-order valence-corrected chi connectivity index (χ2v) is 7.09. The lowest BCUT2D eigenvalue weighted by molar-refractivity contribution is -0.134. The molecule has 0 N–H and O–H groups in total. The smallest absolute Gasteiger partial charge is 0.234 e. The van der Waals surface area contributed by atoms with Crippen molar-refractivity contribution in [3.63, 3.8) is 0 Å². The number of amides is 1. The van der Waals surface area contributed by atoms with Gasteiger partial charge in [-0.15, -0.1) is 0 Å². The van der Waals surface area contributed by atoms with Crippen LogP contribution >= 0.6 is 0 Å². The Morgan fingerprint density at radius 3 is 2.62 bits per heavy atom. The van der Waals surface area contributed by atoms with Crippen molar-refractivity contribution in [2.75, 3.05) is 13.1 Å². The highest BCUT2D eigenvalue weighted by Gasteiger charge is 2.42. The SMILES string of the molecule is CC1=C(c2ccccc2)C1C(=O)N1CCC(OCc2cccnc2)CC1. The van der Waals surface area contributed by atoms with E-state index in [0.717, 1.165) is 31.5 Å². The molecule has 134 valence electrons. The summed E-state index contributed by atoms with van der Waals surface area (Å²) in [7, 11) is 0. The fraction of sp³-hybridized carbons (Fsp3) is 0.364. The van der Waals surface area contributed by atoms with Gasteiger partial charge in [-0.05, 0) is 42.5 Å². The number of carbonyl (C=O) groups is 1. The van der Waals surface area contributed by atoms with E-state index in [2.05, 4.69) is 24.0 Å². The van der Waals surface area contributed by atoms with Crippen LogP contribution in [0.3, 0.4) is 0 Å². The van der Waals surface area contributed by atoms with Crippen molar-refractivity contribution in [3.05, 3.63) is 71.6 Å². The molecule has 1 aromatic heterocycles. The highest BCUT2D eigenvalue weighted by molar-refractivity contribution is 6.05. The number of piperidine rings is 1. The highest BCUT2D eigenvalue weighted by Crippen LogP contribution is 2.47. The molecule has 1 unspecified atom stereocenters. The normalized spacial score (nSPS) is 20.3. The van der Waals surface area contributed by atoms with E-state index in [1.54, 1.807) is 6.20 Å². The minimum atomic E-state index is -0.00902. The van der Waals surface area contributed by atoms with E-state index in [9.17, 15) is 4.79 Å². The molecule has 0 saturated carbocycles. The number of nitrogens with zero attached hydrogens (tertiary/aromatic N) is 2. The first kappa shape index (κ1) is 17.0. The standard InChI is InChI=1S/C22H24N2O2/c1-16-20(18-7-3-2-4-8-18)21(16)22(25)24-12-9-19(10-13-24)26-15-17-6-5-11-23-14-17/h2-8,11,14,19,21H,9-10,12-13,15H2,1H3. The van der Waals surface area contributed by atoms with Gasteiger partial charge in [0.05, 0.1) is 18.6 Å². The third kappa shape index (κ3) is 3.56. The van der Waals surface area contributed by atoms with Crippen molar-refractivity contribution >= 4 is 11.5 Å². The lowest BCUT2D eigenvalue weighted by Gasteiger charge is -2.32. The number of aromatic nitrogens is 1. The largest absolute Gasteiger partial charge is 0.373 e. The summed E-state index contributed by atoms with van der Waals surface area (Å²) >= 11 is 0. The van der Waals surface area contributed by atoms with Gasteiger partial charge in [0.1, 0.15) is 0 Å². The van der Waals surface area contributed by atoms with E-state index in [0.29, 0.717) is 6.61 Å². The summed E-state index contributed by atoms with van der Waals surface area (Å²) in [6.07, 6.45) is 5.63. The molecule has 1 amide bonds. The van der Waals surface area contributed by atoms with Crippen molar-refractivity contribution in [2.45, 2.75) is 32.5 Å². The molecule has 0 spiro atoms. The fourth-order valence-electron chi connectivity index (χ4n) is 3.77. The van der Waals surface area contributed by atoms with Crippen LogP contribution in [0, 0.1) is 5.92 Å². The highest BCUT2D eigenvalue weighted by atomic mass is 16.5. The minimum Gasteiger partial charge on any atom is -0.373 e. The molecule has 0 bridgehead atoms. The Morgan fingerprint density at radius 2 is 1.92 bits per heavy atom. The number of rotatable bonds is 5. The summed E-state index contributed by atoms with van der Waals surface area (Å²) < 4.78 is 6.00. The Kier molecular flexibility index (Phi) is 4.85.